The number of aliphatic hydroxyl groups is 1. The van der Waals surface area contributed by atoms with E-state index in [-0.39, 0.29) is 12.8 Å². The summed E-state index contributed by atoms with van der Waals surface area (Å²) in [5, 5.41) is 27.7. The van der Waals surface area contributed by atoms with Gasteiger partial charge in [-0.05, 0) is 56.4 Å². The number of amides is 3. The Morgan fingerprint density at radius 3 is 2.31 bits per heavy atom. The highest BCUT2D eigenvalue weighted by Crippen LogP contribution is 2.19. The molecule has 0 spiro atoms. The van der Waals surface area contributed by atoms with Crippen LogP contribution in [0.5, 0.6) is 0 Å². The van der Waals surface area contributed by atoms with Crippen LogP contribution in [0.3, 0.4) is 0 Å². The van der Waals surface area contributed by atoms with E-state index in [4.69, 9.17) is 11.5 Å². The molecule has 39 heavy (non-hydrogen) atoms. The van der Waals surface area contributed by atoms with Crippen molar-refractivity contribution in [2.24, 2.45) is 11.5 Å². The molecule has 0 saturated heterocycles. The van der Waals surface area contributed by atoms with Gasteiger partial charge < -0.3 is 42.6 Å². The van der Waals surface area contributed by atoms with Crippen molar-refractivity contribution in [3.63, 3.8) is 0 Å². The number of unbranched alkanes of at least 4 members (excludes halogenated alkanes) is 1. The third-order valence-electron chi connectivity index (χ3n) is 6.33. The summed E-state index contributed by atoms with van der Waals surface area (Å²) in [7, 11) is 0. The van der Waals surface area contributed by atoms with Crippen molar-refractivity contribution in [1.29, 1.82) is 0 Å². The second-order valence-electron chi connectivity index (χ2n) is 9.42. The van der Waals surface area contributed by atoms with Gasteiger partial charge in [0.1, 0.15) is 12.1 Å². The Labute approximate surface area is 232 Å². The molecule has 3 amide bonds. The van der Waals surface area contributed by atoms with Gasteiger partial charge in [0.2, 0.25) is 17.7 Å². The number of H-pyrrole nitrogens is 1. The summed E-state index contributed by atoms with van der Waals surface area (Å²) in [6.07, 6.45) is 4.36. The number of carbonyl (C=O) groups excluding carboxylic acids is 3. The second-order valence-corrected chi connectivity index (χ2v) is 10.4. The fourth-order valence-corrected chi connectivity index (χ4v) is 4.54. The molecule has 5 unspecified atom stereocenters. The first kappa shape index (κ1) is 32.1. The van der Waals surface area contributed by atoms with E-state index < -0.39 is 54.0 Å². The summed E-state index contributed by atoms with van der Waals surface area (Å²) in [6, 6.07) is 3.00. The largest absolute Gasteiger partial charge is 0.480 e. The molecule has 1 aromatic heterocycles. The van der Waals surface area contributed by atoms with Crippen LogP contribution < -0.4 is 27.4 Å². The Bertz CT molecular complexity index is 1110. The number of carboxylic acid groups (broad SMARTS) is 1. The Hall–Kier alpha value is -3.13. The number of aromatic nitrogens is 1. The summed E-state index contributed by atoms with van der Waals surface area (Å²) < 4.78 is 0. The number of aliphatic hydroxyl groups excluding tert-OH is 1. The topological polar surface area (TPSA) is 213 Å². The van der Waals surface area contributed by atoms with E-state index in [9.17, 15) is 29.4 Å². The van der Waals surface area contributed by atoms with Crippen LogP contribution in [0.2, 0.25) is 0 Å². The molecule has 2 rings (SSSR count). The van der Waals surface area contributed by atoms with Crippen LogP contribution in [-0.2, 0) is 25.6 Å². The van der Waals surface area contributed by atoms with Crippen molar-refractivity contribution in [3.05, 3.63) is 36.0 Å². The molecule has 0 aliphatic rings. The highest BCUT2D eigenvalue weighted by molar-refractivity contribution is 7.98. The number of thioether (sulfide) groups is 1. The number of nitrogens with one attached hydrogen (secondary N) is 4. The molecule has 216 valence electrons. The van der Waals surface area contributed by atoms with Crippen molar-refractivity contribution < 1.29 is 29.4 Å². The standard InChI is InChI=1S/C26H40N6O6S/c1-15(33)22(26(37)38)32-24(35)20(10-12-39-2)30-25(36)21(31-23(34)18(28)8-5-6-11-27)13-16-14-29-19-9-4-3-7-17(16)19/h3-4,7,9,14-15,18,20-22,29,33H,5-6,8,10-13,27-28H2,1-2H3,(H,30,36)(H,31,34)(H,32,35)(H,37,38). The van der Waals surface area contributed by atoms with E-state index in [0.29, 0.717) is 25.1 Å². The van der Waals surface area contributed by atoms with E-state index in [0.717, 1.165) is 22.9 Å². The first-order valence-corrected chi connectivity index (χ1v) is 14.3. The van der Waals surface area contributed by atoms with Crippen molar-refractivity contribution in [2.75, 3.05) is 18.6 Å². The molecule has 0 fully saturated rings. The van der Waals surface area contributed by atoms with Gasteiger partial charge in [-0.3, -0.25) is 14.4 Å². The van der Waals surface area contributed by atoms with E-state index in [1.807, 2.05) is 30.5 Å². The quantitative estimate of drug-likeness (QED) is 0.120. The lowest BCUT2D eigenvalue weighted by atomic mass is 10.0. The van der Waals surface area contributed by atoms with E-state index in [1.165, 1.54) is 18.7 Å². The lowest BCUT2D eigenvalue weighted by Crippen LogP contribution is -2.58. The lowest BCUT2D eigenvalue weighted by molar-refractivity contribution is -0.145. The number of aromatic amines is 1. The molecule has 0 aliphatic heterocycles. The zero-order valence-electron chi connectivity index (χ0n) is 22.3. The van der Waals surface area contributed by atoms with E-state index >= 15 is 0 Å². The van der Waals surface area contributed by atoms with Crippen molar-refractivity contribution >= 4 is 46.4 Å². The minimum atomic E-state index is -1.54. The van der Waals surface area contributed by atoms with Gasteiger partial charge in [-0.15, -0.1) is 0 Å². The first-order valence-electron chi connectivity index (χ1n) is 12.9. The van der Waals surface area contributed by atoms with Crippen LogP contribution in [0.1, 0.15) is 38.2 Å². The summed E-state index contributed by atoms with van der Waals surface area (Å²) in [4.78, 5) is 54.0. The minimum absolute atomic E-state index is 0.124. The van der Waals surface area contributed by atoms with Gasteiger partial charge in [-0.25, -0.2) is 4.79 Å². The fraction of sp³-hybridized carbons (Fsp3) is 0.538. The molecule has 5 atom stereocenters. The number of fused-ring (bicyclic) bond motifs is 1. The number of hydrogen-bond acceptors (Lipinski definition) is 8. The minimum Gasteiger partial charge on any atom is -0.480 e. The van der Waals surface area contributed by atoms with Crippen molar-refractivity contribution in [1.82, 2.24) is 20.9 Å². The number of nitrogens with two attached hydrogens (primary N) is 2. The van der Waals surface area contributed by atoms with Crippen LogP contribution in [0.15, 0.2) is 30.5 Å². The zero-order valence-corrected chi connectivity index (χ0v) is 23.1. The third kappa shape index (κ3) is 9.84. The van der Waals surface area contributed by atoms with Gasteiger partial charge in [-0.2, -0.15) is 11.8 Å². The molecule has 13 heteroatoms. The molecule has 0 aliphatic carbocycles. The van der Waals surface area contributed by atoms with Crippen LogP contribution in [0, 0.1) is 0 Å². The van der Waals surface area contributed by atoms with Crippen molar-refractivity contribution in [2.45, 2.75) is 69.3 Å². The molecule has 1 heterocycles. The molecule has 2 aromatic rings. The Morgan fingerprint density at radius 1 is 1.00 bits per heavy atom. The molecular weight excluding hydrogens is 524 g/mol. The number of hydrogen-bond donors (Lipinski definition) is 8. The van der Waals surface area contributed by atoms with Gasteiger partial charge in [-0.1, -0.05) is 24.6 Å². The first-order chi connectivity index (χ1) is 18.6. The maximum Gasteiger partial charge on any atom is 0.328 e. The van der Waals surface area contributed by atoms with Crippen molar-refractivity contribution in [3.8, 4) is 0 Å². The molecule has 1 aromatic carbocycles. The highest BCUT2D eigenvalue weighted by Gasteiger charge is 2.32. The molecule has 0 bridgehead atoms. The molecule has 0 radical (unpaired) electrons. The molecule has 10 N–H and O–H groups in total. The Kier molecular flexibility index (Phi) is 13.2. The average molecular weight is 565 g/mol. The fourth-order valence-electron chi connectivity index (χ4n) is 4.07. The maximum atomic E-state index is 13.5. The smallest absolute Gasteiger partial charge is 0.328 e. The van der Waals surface area contributed by atoms with Gasteiger partial charge in [0, 0.05) is 23.5 Å². The summed E-state index contributed by atoms with van der Waals surface area (Å²) >= 11 is 1.45. The molecule has 12 nitrogen and oxygen atoms in total. The number of carboxylic acids is 1. The highest BCUT2D eigenvalue weighted by atomic mass is 32.2. The number of para-hydroxylation sites is 1. The summed E-state index contributed by atoms with van der Waals surface area (Å²) in [6.45, 7) is 1.73. The predicted octanol–water partition coefficient (Wildman–Crippen LogP) is -0.160. The Morgan fingerprint density at radius 2 is 1.67 bits per heavy atom. The van der Waals surface area contributed by atoms with Gasteiger partial charge in [0.05, 0.1) is 12.1 Å². The van der Waals surface area contributed by atoms with Gasteiger partial charge in [0.25, 0.3) is 0 Å². The van der Waals surface area contributed by atoms with E-state index in [2.05, 4.69) is 20.9 Å². The predicted molar refractivity (Wildman–Crippen MR) is 151 cm³/mol. The molecular formula is C26H40N6O6S. The maximum absolute atomic E-state index is 13.5. The number of aliphatic carboxylic acids is 1. The molecule has 0 saturated carbocycles. The van der Waals surface area contributed by atoms with Crippen LogP contribution in [-0.4, -0.2) is 87.7 Å². The lowest BCUT2D eigenvalue weighted by Gasteiger charge is -2.26. The second kappa shape index (κ2) is 16.1. The SMILES string of the molecule is CSCCC(NC(=O)C(Cc1c[nH]c2ccccc12)NC(=O)C(N)CCCCN)C(=O)NC(C(=O)O)C(C)O. The summed E-state index contributed by atoms with van der Waals surface area (Å²) in [5.74, 6) is -2.77. The van der Waals surface area contributed by atoms with Crippen LogP contribution >= 0.6 is 11.8 Å². The Balaban J connectivity index is 2.27. The third-order valence-corrected chi connectivity index (χ3v) is 6.97. The average Bonchev–Trinajstić information content (AvgIpc) is 3.31. The zero-order chi connectivity index (χ0) is 28.9. The summed E-state index contributed by atoms with van der Waals surface area (Å²) in [5.41, 5.74) is 13.2. The number of carbonyl (C=O) groups is 4. The van der Waals surface area contributed by atoms with Crippen LogP contribution in [0.25, 0.3) is 10.9 Å². The van der Waals surface area contributed by atoms with Gasteiger partial charge >= 0.3 is 5.97 Å². The number of rotatable bonds is 17. The monoisotopic (exact) mass is 564 g/mol. The normalized spacial score (nSPS) is 15.1. The number of benzene rings is 1. The van der Waals surface area contributed by atoms with E-state index in [1.54, 1.807) is 6.20 Å². The van der Waals surface area contributed by atoms with Crippen LogP contribution in [0.4, 0.5) is 0 Å². The van der Waals surface area contributed by atoms with Gasteiger partial charge in [0.15, 0.2) is 6.04 Å².